The minimum absolute atomic E-state index is 0.298. The van der Waals surface area contributed by atoms with Crippen LogP contribution in [0.25, 0.3) is 21.5 Å². The molecule has 0 fully saturated rings. The van der Waals surface area contributed by atoms with Crippen LogP contribution in [0.2, 0.25) is 0 Å². The molecule has 0 bridgehead atoms. The van der Waals surface area contributed by atoms with Crippen molar-refractivity contribution in [2.45, 2.75) is 25.7 Å². The molecule has 2 N–H and O–H groups in total. The number of hydrogen-bond donors (Lipinski definition) is 2. The molecular formula is C39H34N2O2. The predicted molar refractivity (Wildman–Crippen MR) is 177 cm³/mol. The minimum Gasteiger partial charge on any atom is -0.325 e. The minimum atomic E-state index is -1.35. The third-order valence-electron chi connectivity index (χ3n) is 8.31. The summed E-state index contributed by atoms with van der Waals surface area (Å²) in [5, 5.41) is 10.3. The van der Waals surface area contributed by atoms with E-state index in [-0.39, 0.29) is 11.8 Å². The van der Waals surface area contributed by atoms with Crippen molar-refractivity contribution < 1.29 is 9.59 Å². The average molecular weight is 563 g/mol. The number of fused-ring (bicyclic) bond motifs is 2. The molecule has 0 aliphatic heterocycles. The van der Waals surface area contributed by atoms with E-state index in [2.05, 4.69) is 10.6 Å². The van der Waals surface area contributed by atoms with Gasteiger partial charge in [0, 0.05) is 22.1 Å². The molecule has 0 heterocycles. The topological polar surface area (TPSA) is 58.2 Å². The second-order valence-corrected chi connectivity index (χ2v) is 11.0. The van der Waals surface area contributed by atoms with Gasteiger partial charge >= 0.3 is 0 Å². The maximum Gasteiger partial charge on any atom is 0.240 e. The standard InChI is InChI=1S/C39H34N2O2/c42-37(40-35-23-11-19-31-17-7-9-21-33(31)35)39(27-25-29-13-3-1-4-14-29,28-26-30-15-5-2-6-16-30)38(43)41-36-24-12-20-32-18-8-10-22-34(32)36/h1-24H,25-28H2,(H,40,42)(H,41,43). The smallest absolute Gasteiger partial charge is 0.240 e. The second-order valence-electron chi connectivity index (χ2n) is 11.0. The van der Waals surface area contributed by atoms with E-state index in [9.17, 15) is 9.59 Å². The highest BCUT2D eigenvalue weighted by atomic mass is 16.2. The van der Waals surface area contributed by atoms with Gasteiger partial charge in [-0.25, -0.2) is 0 Å². The Morgan fingerprint density at radius 3 is 1.26 bits per heavy atom. The van der Waals surface area contributed by atoms with E-state index in [0.29, 0.717) is 37.1 Å². The van der Waals surface area contributed by atoms with E-state index in [1.54, 1.807) is 0 Å². The Hall–Kier alpha value is -5.22. The van der Waals surface area contributed by atoms with Crippen LogP contribution in [0, 0.1) is 5.41 Å². The molecule has 0 aromatic heterocycles. The molecule has 0 spiro atoms. The Bertz CT molecular complexity index is 1720. The average Bonchev–Trinajstić information content (AvgIpc) is 3.06. The van der Waals surface area contributed by atoms with E-state index in [1.165, 1.54) is 0 Å². The van der Waals surface area contributed by atoms with Crippen molar-refractivity contribution in [1.29, 1.82) is 0 Å². The third kappa shape index (κ3) is 6.19. The first-order valence-electron chi connectivity index (χ1n) is 14.8. The second kappa shape index (κ2) is 12.7. The van der Waals surface area contributed by atoms with Crippen molar-refractivity contribution in [1.82, 2.24) is 0 Å². The van der Waals surface area contributed by atoms with Gasteiger partial charge in [-0.1, -0.05) is 133 Å². The molecule has 6 aromatic rings. The van der Waals surface area contributed by atoms with Crippen LogP contribution in [0.15, 0.2) is 146 Å². The number of aryl methyl sites for hydroxylation is 2. The Kier molecular flexibility index (Phi) is 8.28. The summed E-state index contributed by atoms with van der Waals surface area (Å²) in [5.74, 6) is -0.595. The van der Waals surface area contributed by atoms with Gasteiger partial charge in [-0.2, -0.15) is 0 Å². The molecule has 6 aromatic carbocycles. The number of nitrogens with one attached hydrogen (secondary N) is 2. The van der Waals surface area contributed by atoms with Crippen molar-refractivity contribution in [3.8, 4) is 0 Å². The third-order valence-corrected chi connectivity index (χ3v) is 8.31. The lowest BCUT2D eigenvalue weighted by atomic mass is 9.75. The summed E-state index contributed by atoms with van der Waals surface area (Å²) < 4.78 is 0. The fraction of sp³-hybridized carbons (Fsp3) is 0.128. The molecular weight excluding hydrogens is 528 g/mol. The predicted octanol–water partition coefficient (Wildman–Crippen LogP) is 8.82. The Labute approximate surface area is 252 Å². The highest BCUT2D eigenvalue weighted by molar-refractivity contribution is 6.17. The molecule has 4 nitrogen and oxygen atoms in total. The SMILES string of the molecule is O=C(Nc1cccc2ccccc12)C(CCc1ccccc1)(CCc1ccccc1)C(=O)Nc1cccc2ccccc12. The van der Waals surface area contributed by atoms with Gasteiger partial charge in [0.1, 0.15) is 5.41 Å². The van der Waals surface area contributed by atoms with Crippen molar-refractivity contribution >= 4 is 44.7 Å². The molecule has 43 heavy (non-hydrogen) atoms. The summed E-state index contributed by atoms with van der Waals surface area (Å²) in [4.78, 5) is 29.3. The summed E-state index contributed by atoms with van der Waals surface area (Å²) in [6.45, 7) is 0. The van der Waals surface area contributed by atoms with Gasteiger partial charge < -0.3 is 10.6 Å². The van der Waals surface area contributed by atoms with Crippen LogP contribution >= 0.6 is 0 Å². The van der Waals surface area contributed by atoms with E-state index in [4.69, 9.17) is 0 Å². The van der Waals surface area contributed by atoms with Crippen LogP contribution < -0.4 is 10.6 Å². The quantitative estimate of drug-likeness (QED) is 0.164. The molecule has 0 aliphatic rings. The molecule has 0 saturated carbocycles. The first-order chi connectivity index (χ1) is 21.1. The summed E-state index contributed by atoms with van der Waals surface area (Å²) in [5.41, 5.74) is 2.22. The van der Waals surface area contributed by atoms with Crippen LogP contribution in [-0.4, -0.2) is 11.8 Å². The molecule has 0 saturated heterocycles. The molecule has 0 unspecified atom stereocenters. The number of amides is 2. The molecule has 2 amide bonds. The zero-order chi connectivity index (χ0) is 29.5. The summed E-state index contributed by atoms with van der Waals surface area (Å²) in [7, 11) is 0. The fourth-order valence-electron chi connectivity index (χ4n) is 5.84. The number of anilines is 2. The molecule has 212 valence electrons. The first-order valence-corrected chi connectivity index (χ1v) is 14.8. The highest BCUT2D eigenvalue weighted by Crippen LogP contribution is 2.36. The zero-order valence-corrected chi connectivity index (χ0v) is 24.0. The van der Waals surface area contributed by atoms with Crippen molar-refractivity contribution in [2.75, 3.05) is 10.6 Å². The largest absolute Gasteiger partial charge is 0.325 e. The molecule has 0 atom stereocenters. The molecule has 0 aliphatic carbocycles. The first kappa shape index (κ1) is 27.9. The van der Waals surface area contributed by atoms with E-state index >= 15 is 0 Å². The number of hydrogen-bond acceptors (Lipinski definition) is 2. The number of carbonyl (C=O) groups is 2. The maximum absolute atomic E-state index is 14.6. The van der Waals surface area contributed by atoms with Crippen LogP contribution in [0.3, 0.4) is 0 Å². The van der Waals surface area contributed by atoms with Crippen molar-refractivity contribution in [2.24, 2.45) is 5.41 Å². The molecule has 6 rings (SSSR count). The van der Waals surface area contributed by atoms with Gasteiger partial charge in [0.05, 0.1) is 0 Å². The van der Waals surface area contributed by atoms with Crippen LogP contribution in [0.4, 0.5) is 11.4 Å². The summed E-state index contributed by atoms with van der Waals surface area (Å²) in [6, 6.07) is 47.8. The van der Waals surface area contributed by atoms with E-state index in [1.807, 2.05) is 146 Å². The van der Waals surface area contributed by atoms with Crippen LogP contribution in [0.5, 0.6) is 0 Å². The van der Waals surface area contributed by atoms with Gasteiger partial charge in [-0.15, -0.1) is 0 Å². The maximum atomic E-state index is 14.6. The van der Waals surface area contributed by atoms with E-state index in [0.717, 1.165) is 32.7 Å². The Morgan fingerprint density at radius 2 is 0.814 bits per heavy atom. The van der Waals surface area contributed by atoms with Crippen LogP contribution in [-0.2, 0) is 22.4 Å². The van der Waals surface area contributed by atoms with Crippen molar-refractivity contribution in [3.63, 3.8) is 0 Å². The number of rotatable bonds is 10. The van der Waals surface area contributed by atoms with Gasteiger partial charge in [-0.3, -0.25) is 9.59 Å². The number of carbonyl (C=O) groups excluding carboxylic acids is 2. The molecule has 4 heteroatoms. The van der Waals surface area contributed by atoms with Gasteiger partial charge in [0.25, 0.3) is 0 Å². The van der Waals surface area contributed by atoms with Crippen LogP contribution in [0.1, 0.15) is 24.0 Å². The monoisotopic (exact) mass is 562 g/mol. The highest BCUT2D eigenvalue weighted by Gasteiger charge is 2.45. The zero-order valence-electron chi connectivity index (χ0n) is 24.0. The van der Waals surface area contributed by atoms with Crippen molar-refractivity contribution in [3.05, 3.63) is 157 Å². The Balaban J connectivity index is 1.42. The van der Waals surface area contributed by atoms with Gasteiger partial charge in [0.15, 0.2) is 0 Å². The van der Waals surface area contributed by atoms with Gasteiger partial charge in [-0.05, 0) is 59.7 Å². The number of benzene rings is 6. The lowest BCUT2D eigenvalue weighted by Crippen LogP contribution is -2.47. The summed E-state index contributed by atoms with van der Waals surface area (Å²) in [6.07, 6.45) is 1.89. The fourth-order valence-corrected chi connectivity index (χ4v) is 5.84. The Morgan fingerprint density at radius 1 is 0.442 bits per heavy atom. The van der Waals surface area contributed by atoms with E-state index < -0.39 is 5.41 Å². The summed E-state index contributed by atoms with van der Waals surface area (Å²) >= 11 is 0. The lowest BCUT2D eigenvalue weighted by molar-refractivity contribution is -0.138. The van der Waals surface area contributed by atoms with Gasteiger partial charge in [0.2, 0.25) is 11.8 Å². The normalized spacial score (nSPS) is 11.3. The lowest BCUT2D eigenvalue weighted by Gasteiger charge is -2.32. The molecule has 0 radical (unpaired) electrons.